The van der Waals surface area contributed by atoms with Crippen LogP contribution in [0.3, 0.4) is 0 Å². The molecule has 0 fully saturated rings. The molecule has 0 unspecified atom stereocenters. The molecule has 0 aliphatic rings. The number of fused-ring (bicyclic) bond motifs is 1. The zero-order valence-electron chi connectivity index (χ0n) is 21.4. The lowest BCUT2D eigenvalue weighted by Crippen LogP contribution is -2.13. The normalized spacial score (nSPS) is 11.0. The number of benzene rings is 4. The van der Waals surface area contributed by atoms with Gasteiger partial charge in [-0.05, 0) is 87.2 Å². The van der Waals surface area contributed by atoms with E-state index in [2.05, 4.69) is 44.2 Å². The minimum atomic E-state index is -0.589. The van der Waals surface area contributed by atoms with E-state index in [0.717, 1.165) is 16.3 Å². The lowest BCUT2D eigenvalue weighted by molar-refractivity contribution is -0.112. The van der Waals surface area contributed by atoms with Crippen molar-refractivity contribution in [2.75, 3.05) is 19.0 Å². The first-order valence-electron chi connectivity index (χ1n) is 12.1. The molecule has 4 aromatic rings. The van der Waals surface area contributed by atoms with Gasteiger partial charge in [-0.3, -0.25) is 4.79 Å². The molecule has 0 heterocycles. The van der Waals surface area contributed by atoms with E-state index in [-0.39, 0.29) is 5.57 Å². The van der Waals surface area contributed by atoms with Gasteiger partial charge >= 0.3 is 5.97 Å². The molecular formula is C31H25BrN2O5. The van der Waals surface area contributed by atoms with Crippen LogP contribution >= 0.6 is 15.9 Å². The maximum Gasteiger partial charge on any atom is 0.337 e. The summed E-state index contributed by atoms with van der Waals surface area (Å²) in [6, 6.07) is 25.8. The smallest absolute Gasteiger partial charge is 0.337 e. The second-order valence-corrected chi connectivity index (χ2v) is 9.24. The Bertz CT molecular complexity index is 1580. The number of nitrogens with zero attached hydrogens (tertiary/aromatic N) is 1. The maximum absolute atomic E-state index is 12.8. The van der Waals surface area contributed by atoms with E-state index >= 15 is 0 Å². The standard InChI is InChI=1S/C31H25BrN2O5/c1-3-38-28-17-20(15-24(18-33)30(35)34-25-13-11-22(12-14-25)31(36)37-2)16-27(32)29(28)39-19-23-9-6-8-21-7-4-5-10-26(21)23/h4-17H,3,19H2,1-2H3,(H,34,35)/b24-15+. The fourth-order valence-corrected chi connectivity index (χ4v) is 4.54. The number of nitriles is 1. The number of carbonyl (C=O) groups is 2. The molecular weight excluding hydrogens is 560 g/mol. The van der Waals surface area contributed by atoms with Crippen LogP contribution in [-0.2, 0) is 16.1 Å². The first-order chi connectivity index (χ1) is 18.9. The third-order valence-electron chi connectivity index (χ3n) is 5.82. The average Bonchev–Trinajstić information content (AvgIpc) is 2.95. The SMILES string of the molecule is CCOc1cc(/C=C(\C#N)C(=O)Nc2ccc(C(=O)OC)cc2)cc(Br)c1OCc1cccc2ccccc12. The molecule has 0 spiro atoms. The van der Waals surface area contributed by atoms with Gasteiger partial charge in [0.15, 0.2) is 11.5 Å². The van der Waals surface area contributed by atoms with Crippen LogP contribution in [0, 0.1) is 11.3 Å². The van der Waals surface area contributed by atoms with E-state index in [1.54, 1.807) is 24.3 Å². The number of nitrogens with one attached hydrogen (secondary N) is 1. The molecule has 1 N–H and O–H groups in total. The summed E-state index contributed by atoms with van der Waals surface area (Å²) in [7, 11) is 1.29. The quantitative estimate of drug-likeness (QED) is 0.130. The Morgan fingerprint density at radius 2 is 1.74 bits per heavy atom. The van der Waals surface area contributed by atoms with Gasteiger partial charge in [0, 0.05) is 5.69 Å². The molecule has 0 aliphatic heterocycles. The Hall–Kier alpha value is -4.61. The Morgan fingerprint density at radius 3 is 2.46 bits per heavy atom. The number of carbonyl (C=O) groups excluding carboxylic acids is 2. The molecule has 0 radical (unpaired) electrons. The molecule has 8 heteroatoms. The van der Waals surface area contributed by atoms with Crippen molar-refractivity contribution >= 4 is 50.3 Å². The van der Waals surface area contributed by atoms with Gasteiger partial charge in [-0.25, -0.2) is 4.79 Å². The van der Waals surface area contributed by atoms with Crippen molar-refractivity contribution in [3.8, 4) is 17.6 Å². The van der Waals surface area contributed by atoms with Crippen LogP contribution in [0.4, 0.5) is 5.69 Å². The van der Waals surface area contributed by atoms with Gasteiger partial charge in [-0.15, -0.1) is 0 Å². The number of methoxy groups -OCH3 is 1. The summed E-state index contributed by atoms with van der Waals surface area (Å²) in [6.45, 7) is 2.59. The van der Waals surface area contributed by atoms with Gasteiger partial charge in [0.1, 0.15) is 18.2 Å². The van der Waals surface area contributed by atoms with Crippen molar-refractivity contribution in [3.63, 3.8) is 0 Å². The highest BCUT2D eigenvalue weighted by Gasteiger charge is 2.16. The van der Waals surface area contributed by atoms with Crippen LogP contribution in [0.2, 0.25) is 0 Å². The topological polar surface area (TPSA) is 97.7 Å². The molecule has 0 saturated heterocycles. The molecule has 196 valence electrons. The molecule has 4 rings (SSSR count). The summed E-state index contributed by atoms with van der Waals surface area (Å²) in [4.78, 5) is 24.4. The molecule has 39 heavy (non-hydrogen) atoms. The summed E-state index contributed by atoms with van der Waals surface area (Å²) in [5.74, 6) is -0.0653. The lowest BCUT2D eigenvalue weighted by Gasteiger charge is -2.16. The van der Waals surface area contributed by atoms with E-state index in [1.807, 2.05) is 37.3 Å². The molecule has 0 saturated carbocycles. The molecule has 4 aromatic carbocycles. The predicted molar refractivity (Wildman–Crippen MR) is 154 cm³/mol. The minimum absolute atomic E-state index is 0.106. The molecule has 0 aromatic heterocycles. The van der Waals surface area contributed by atoms with E-state index in [9.17, 15) is 14.9 Å². The number of hydrogen-bond donors (Lipinski definition) is 1. The molecule has 0 aliphatic carbocycles. The number of hydrogen-bond acceptors (Lipinski definition) is 6. The molecule has 7 nitrogen and oxygen atoms in total. The predicted octanol–water partition coefficient (Wildman–Crippen LogP) is 6.91. The second kappa shape index (κ2) is 12.8. The van der Waals surface area contributed by atoms with Gasteiger partial charge in [-0.1, -0.05) is 42.5 Å². The summed E-state index contributed by atoms with van der Waals surface area (Å²) < 4.78 is 17.3. The summed E-state index contributed by atoms with van der Waals surface area (Å²) in [5.41, 5.74) is 2.29. The molecule has 1 amide bonds. The fourth-order valence-electron chi connectivity index (χ4n) is 3.96. The largest absolute Gasteiger partial charge is 0.490 e. The first kappa shape index (κ1) is 27.4. The molecule has 0 atom stereocenters. The Labute approximate surface area is 234 Å². The van der Waals surface area contributed by atoms with Crippen molar-refractivity contribution in [1.29, 1.82) is 5.26 Å². The van der Waals surface area contributed by atoms with E-state index < -0.39 is 11.9 Å². The monoisotopic (exact) mass is 584 g/mol. The Kier molecular flexibility index (Phi) is 8.97. The Morgan fingerprint density at radius 1 is 1.00 bits per heavy atom. The van der Waals surface area contributed by atoms with Gasteiger partial charge in [0.2, 0.25) is 0 Å². The van der Waals surface area contributed by atoms with Gasteiger partial charge in [-0.2, -0.15) is 5.26 Å². The van der Waals surface area contributed by atoms with Crippen molar-refractivity contribution in [2.24, 2.45) is 0 Å². The van der Waals surface area contributed by atoms with Crippen LogP contribution in [-0.4, -0.2) is 25.6 Å². The van der Waals surface area contributed by atoms with E-state index in [0.29, 0.717) is 46.0 Å². The third-order valence-corrected chi connectivity index (χ3v) is 6.41. The van der Waals surface area contributed by atoms with Crippen LogP contribution in [0.15, 0.2) is 88.9 Å². The number of halogens is 1. The first-order valence-corrected chi connectivity index (χ1v) is 12.9. The number of rotatable bonds is 9. The highest BCUT2D eigenvalue weighted by Crippen LogP contribution is 2.38. The summed E-state index contributed by atoms with van der Waals surface area (Å²) in [5, 5.41) is 14.6. The van der Waals surface area contributed by atoms with E-state index in [1.165, 1.54) is 25.3 Å². The number of esters is 1. The van der Waals surface area contributed by atoms with Crippen LogP contribution in [0.25, 0.3) is 16.8 Å². The number of amides is 1. The zero-order valence-corrected chi connectivity index (χ0v) is 22.9. The van der Waals surface area contributed by atoms with Crippen molar-refractivity contribution in [3.05, 3.63) is 106 Å². The van der Waals surface area contributed by atoms with Gasteiger partial charge in [0.25, 0.3) is 5.91 Å². The van der Waals surface area contributed by atoms with Crippen molar-refractivity contribution in [1.82, 2.24) is 0 Å². The zero-order chi connectivity index (χ0) is 27.8. The number of anilines is 1. The van der Waals surface area contributed by atoms with Gasteiger partial charge < -0.3 is 19.5 Å². The summed E-state index contributed by atoms with van der Waals surface area (Å²) >= 11 is 3.56. The lowest BCUT2D eigenvalue weighted by atomic mass is 10.1. The van der Waals surface area contributed by atoms with Crippen molar-refractivity contribution in [2.45, 2.75) is 13.5 Å². The summed E-state index contributed by atoms with van der Waals surface area (Å²) in [6.07, 6.45) is 1.47. The number of ether oxygens (including phenoxy) is 3. The van der Waals surface area contributed by atoms with E-state index in [4.69, 9.17) is 9.47 Å². The Balaban J connectivity index is 1.55. The van der Waals surface area contributed by atoms with Crippen LogP contribution in [0.1, 0.15) is 28.4 Å². The van der Waals surface area contributed by atoms with Crippen molar-refractivity contribution < 1.29 is 23.8 Å². The third kappa shape index (κ3) is 6.64. The maximum atomic E-state index is 12.8. The fraction of sp³-hybridized carbons (Fsp3) is 0.129. The second-order valence-electron chi connectivity index (χ2n) is 8.38. The minimum Gasteiger partial charge on any atom is -0.490 e. The van der Waals surface area contributed by atoms with Crippen LogP contribution < -0.4 is 14.8 Å². The molecule has 0 bridgehead atoms. The van der Waals surface area contributed by atoms with Crippen LogP contribution in [0.5, 0.6) is 11.5 Å². The average molecular weight is 585 g/mol. The van der Waals surface area contributed by atoms with Gasteiger partial charge in [0.05, 0.1) is 23.8 Å². The highest BCUT2D eigenvalue weighted by molar-refractivity contribution is 9.10. The highest BCUT2D eigenvalue weighted by atomic mass is 79.9.